The fourth-order valence-corrected chi connectivity index (χ4v) is 3.05. The van der Waals surface area contributed by atoms with Crippen molar-refractivity contribution < 1.29 is 24.1 Å². The third-order valence-electron chi connectivity index (χ3n) is 4.59. The van der Waals surface area contributed by atoms with Crippen LogP contribution in [0, 0.1) is 6.92 Å². The smallest absolute Gasteiger partial charge is 0.267 e. The van der Waals surface area contributed by atoms with Crippen LogP contribution in [0.2, 0.25) is 0 Å². The summed E-state index contributed by atoms with van der Waals surface area (Å²) in [6.45, 7) is 2.74. The zero-order valence-electron chi connectivity index (χ0n) is 16.4. The number of aromatic hydroxyl groups is 1. The van der Waals surface area contributed by atoms with Crippen molar-refractivity contribution in [3.63, 3.8) is 0 Å². The number of aromatic nitrogens is 1. The predicted molar refractivity (Wildman–Crippen MR) is 109 cm³/mol. The van der Waals surface area contributed by atoms with E-state index in [2.05, 4.69) is 0 Å². The van der Waals surface area contributed by atoms with Crippen LogP contribution in [-0.4, -0.2) is 36.3 Å². The van der Waals surface area contributed by atoms with Crippen LogP contribution < -0.4 is 15.0 Å². The third kappa shape index (κ3) is 4.41. The first-order valence-corrected chi connectivity index (χ1v) is 9.21. The van der Waals surface area contributed by atoms with Crippen molar-refractivity contribution in [2.75, 3.05) is 20.3 Å². The largest absolute Gasteiger partial charge is 0.506 e. The van der Waals surface area contributed by atoms with Gasteiger partial charge in [-0.05, 0) is 42.8 Å². The van der Waals surface area contributed by atoms with Crippen molar-refractivity contribution in [3.05, 3.63) is 63.9 Å². The van der Waals surface area contributed by atoms with Crippen LogP contribution in [0.5, 0.6) is 17.2 Å². The monoisotopic (exact) mass is 397 g/mol. The summed E-state index contributed by atoms with van der Waals surface area (Å²) in [5, 5.41) is 10.6. The van der Waals surface area contributed by atoms with Crippen LogP contribution in [0.15, 0.2) is 47.3 Å². The van der Waals surface area contributed by atoms with Crippen molar-refractivity contribution in [3.8, 4) is 17.2 Å². The Bertz CT molecular complexity index is 1070. The SMILES string of the molecule is COc1ccc(OCCCOCn2c(=O)c(C=O)c(O)c3ccccc32)c(C)c1. The standard InChI is InChI=1S/C22H23NO6/c1-15-12-16(27-2)8-9-20(15)29-11-5-10-28-14-23-19-7-4-3-6-17(19)21(25)18(13-24)22(23)26/h3-4,6-9,12-13,25H,5,10-11,14H2,1-2H3. The van der Waals surface area contributed by atoms with E-state index >= 15 is 0 Å². The molecule has 0 fully saturated rings. The van der Waals surface area contributed by atoms with Crippen molar-refractivity contribution in [2.24, 2.45) is 0 Å². The highest BCUT2D eigenvalue weighted by atomic mass is 16.5. The molecule has 2 aromatic carbocycles. The number of rotatable bonds is 9. The van der Waals surface area contributed by atoms with Crippen molar-refractivity contribution >= 4 is 17.2 Å². The van der Waals surface area contributed by atoms with Gasteiger partial charge in [-0.15, -0.1) is 0 Å². The molecule has 0 spiro atoms. The first-order chi connectivity index (χ1) is 14.1. The molecule has 0 saturated carbocycles. The minimum Gasteiger partial charge on any atom is -0.506 e. The van der Waals surface area contributed by atoms with Crippen molar-refractivity contribution in [1.82, 2.24) is 4.57 Å². The van der Waals surface area contributed by atoms with Gasteiger partial charge < -0.3 is 19.3 Å². The predicted octanol–water partition coefficient (Wildman–Crippen LogP) is 3.28. The Morgan fingerprint density at radius 2 is 1.93 bits per heavy atom. The lowest BCUT2D eigenvalue weighted by Crippen LogP contribution is -2.25. The number of pyridine rings is 1. The second kappa shape index (κ2) is 9.25. The molecule has 152 valence electrons. The normalized spacial score (nSPS) is 10.8. The number of aryl methyl sites for hydroxylation is 1. The molecule has 3 aromatic rings. The van der Waals surface area contributed by atoms with Crippen LogP contribution >= 0.6 is 0 Å². The van der Waals surface area contributed by atoms with Crippen LogP contribution in [0.4, 0.5) is 0 Å². The second-order valence-corrected chi connectivity index (χ2v) is 6.50. The molecule has 0 radical (unpaired) electrons. The molecule has 0 aliphatic rings. The molecule has 1 N–H and O–H groups in total. The van der Waals surface area contributed by atoms with E-state index in [0.717, 1.165) is 17.1 Å². The minimum atomic E-state index is -0.582. The maximum Gasteiger partial charge on any atom is 0.267 e. The lowest BCUT2D eigenvalue weighted by molar-refractivity contribution is 0.0680. The highest BCUT2D eigenvalue weighted by molar-refractivity contribution is 5.93. The molecular formula is C22H23NO6. The van der Waals surface area contributed by atoms with Crippen LogP contribution in [-0.2, 0) is 11.5 Å². The quantitative estimate of drug-likeness (QED) is 0.440. The molecule has 1 heterocycles. The van der Waals surface area contributed by atoms with Gasteiger partial charge in [0, 0.05) is 11.8 Å². The summed E-state index contributed by atoms with van der Waals surface area (Å²) in [6.07, 6.45) is 0.988. The first-order valence-electron chi connectivity index (χ1n) is 9.21. The fourth-order valence-electron chi connectivity index (χ4n) is 3.05. The van der Waals surface area contributed by atoms with Gasteiger partial charge in [0.05, 0.1) is 25.8 Å². The molecule has 0 saturated heterocycles. The highest BCUT2D eigenvalue weighted by Gasteiger charge is 2.15. The van der Waals surface area contributed by atoms with E-state index in [1.165, 1.54) is 4.57 Å². The van der Waals surface area contributed by atoms with E-state index in [1.807, 2.05) is 25.1 Å². The van der Waals surface area contributed by atoms with E-state index < -0.39 is 5.56 Å². The Morgan fingerprint density at radius 1 is 1.14 bits per heavy atom. The maximum atomic E-state index is 12.5. The summed E-state index contributed by atoms with van der Waals surface area (Å²) in [7, 11) is 1.62. The summed E-state index contributed by atoms with van der Waals surface area (Å²) in [4.78, 5) is 23.7. The summed E-state index contributed by atoms with van der Waals surface area (Å²) in [6, 6.07) is 12.4. The topological polar surface area (TPSA) is 87.0 Å². The average Bonchev–Trinajstić information content (AvgIpc) is 2.73. The number of methoxy groups -OCH3 is 1. The lowest BCUT2D eigenvalue weighted by atomic mass is 10.1. The Balaban J connectivity index is 1.59. The van der Waals surface area contributed by atoms with Crippen LogP contribution in [0.3, 0.4) is 0 Å². The highest BCUT2D eigenvalue weighted by Crippen LogP contribution is 2.25. The lowest BCUT2D eigenvalue weighted by Gasteiger charge is -2.14. The maximum absolute atomic E-state index is 12.5. The summed E-state index contributed by atoms with van der Waals surface area (Å²) >= 11 is 0. The summed E-state index contributed by atoms with van der Waals surface area (Å²) in [5.41, 5.74) is 0.631. The van der Waals surface area contributed by atoms with E-state index in [4.69, 9.17) is 14.2 Å². The van der Waals surface area contributed by atoms with E-state index in [0.29, 0.717) is 36.8 Å². The van der Waals surface area contributed by atoms with E-state index in [-0.39, 0.29) is 18.0 Å². The Hall–Kier alpha value is -3.32. The Labute approximate surface area is 168 Å². The molecule has 0 bridgehead atoms. The molecule has 29 heavy (non-hydrogen) atoms. The molecule has 0 amide bonds. The number of benzene rings is 2. The summed E-state index contributed by atoms with van der Waals surface area (Å²) in [5.74, 6) is 1.25. The summed E-state index contributed by atoms with van der Waals surface area (Å²) < 4.78 is 17.9. The number of fused-ring (bicyclic) bond motifs is 1. The van der Waals surface area contributed by atoms with Gasteiger partial charge >= 0.3 is 0 Å². The molecular weight excluding hydrogens is 374 g/mol. The van der Waals surface area contributed by atoms with Gasteiger partial charge in [-0.1, -0.05) is 12.1 Å². The number of nitrogens with zero attached hydrogens (tertiary/aromatic N) is 1. The fraction of sp³-hybridized carbons (Fsp3) is 0.273. The molecule has 0 unspecified atom stereocenters. The number of aldehydes is 1. The zero-order valence-corrected chi connectivity index (χ0v) is 16.4. The van der Waals surface area contributed by atoms with Gasteiger partial charge in [0.25, 0.3) is 5.56 Å². The Morgan fingerprint density at radius 3 is 2.66 bits per heavy atom. The molecule has 7 heteroatoms. The van der Waals surface area contributed by atoms with Gasteiger partial charge in [0.1, 0.15) is 29.5 Å². The third-order valence-corrected chi connectivity index (χ3v) is 4.59. The Kier molecular flexibility index (Phi) is 6.51. The van der Waals surface area contributed by atoms with Gasteiger partial charge in [-0.25, -0.2) is 0 Å². The number of hydrogen-bond donors (Lipinski definition) is 1. The molecule has 1 aromatic heterocycles. The van der Waals surface area contributed by atoms with Crippen LogP contribution in [0.25, 0.3) is 10.9 Å². The molecule has 7 nitrogen and oxygen atoms in total. The van der Waals surface area contributed by atoms with Gasteiger partial charge in [-0.3, -0.25) is 14.2 Å². The number of carbonyl (C=O) groups excluding carboxylic acids is 1. The second-order valence-electron chi connectivity index (χ2n) is 6.50. The molecule has 0 atom stereocenters. The van der Waals surface area contributed by atoms with E-state index in [1.54, 1.807) is 31.4 Å². The zero-order chi connectivity index (χ0) is 20.8. The number of hydrogen-bond acceptors (Lipinski definition) is 6. The number of carbonyl (C=O) groups is 1. The molecule has 3 rings (SSSR count). The van der Waals surface area contributed by atoms with E-state index in [9.17, 15) is 14.7 Å². The van der Waals surface area contributed by atoms with Gasteiger partial charge in [0.15, 0.2) is 6.29 Å². The minimum absolute atomic E-state index is 0.0258. The van der Waals surface area contributed by atoms with Gasteiger partial charge in [0.2, 0.25) is 0 Å². The van der Waals surface area contributed by atoms with Crippen molar-refractivity contribution in [1.29, 1.82) is 0 Å². The van der Waals surface area contributed by atoms with Crippen molar-refractivity contribution in [2.45, 2.75) is 20.1 Å². The first kappa shape index (κ1) is 20.4. The number of ether oxygens (including phenoxy) is 3. The van der Waals surface area contributed by atoms with Gasteiger partial charge in [-0.2, -0.15) is 0 Å². The molecule has 0 aliphatic carbocycles. The average molecular weight is 397 g/mol. The van der Waals surface area contributed by atoms with Crippen LogP contribution in [0.1, 0.15) is 22.3 Å². The number of para-hydroxylation sites is 1. The molecule has 0 aliphatic heterocycles.